The molecule has 9 nitrogen and oxygen atoms in total. The Kier molecular flexibility index (Phi) is 6.79. The van der Waals surface area contributed by atoms with Gasteiger partial charge < -0.3 is 5.32 Å². The van der Waals surface area contributed by atoms with Crippen LogP contribution in [-0.2, 0) is 34.7 Å². The van der Waals surface area contributed by atoms with Crippen molar-refractivity contribution in [3.8, 4) is 0 Å². The molecule has 2 N–H and O–H groups in total. The number of aryl methyl sites for hydroxylation is 2. The molecule has 0 spiro atoms. The molecule has 3 aliphatic rings. The van der Waals surface area contributed by atoms with Crippen LogP contribution >= 0.6 is 11.3 Å². The van der Waals surface area contributed by atoms with Crippen molar-refractivity contribution in [2.24, 2.45) is 23.0 Å². The predicted octanol–water partition coefficient (Wildman–Crippen LogP) is 3.91. The van der Waals surface area contributed by atoms with Gasteiger partial charge in [-0.15, -0.1) is 11.3 Å². The van der Waals surface area contributed by atoms with Gasteiger partial charge >= 0.3 is 0 Å². The molecule has 194 valence electrons. The lowest BCUT2D eigenvalue weighted by molar-refractivity contribution is -0.117. The second kappa shape index (κ2) is 9.73. The molecule has 36 heavy (non-hydrogen) atoms. The molecule has 2 saturated carbocycles. The smallest absolute Gasteiger partial charge is 0.282 e. The number of sulfonamides is 1. The fourth-order valence-electron chi connectivity index (χ4n) is 4.35. The molecule has 2 fully saturated rings. The Bertz CT molecular complexity index is 1340. The van der Waals surface area contributed by atoms with Crippen molar-refractivity contribution in [2.45, 2.75) is 74.5 Å². The molecule has 0 radical (unpaired) electrons. The number of nitrogens with zero attached hydrogens (tertiary/aromatic N) is 4. The molecule has 0 aliphatic heterocycles. The predicted molar refractivity (Wildman–Crippen MR) is 127 cm³/mol. The van der Waals surface area contributed by atoms with Gasteiger partial charge in [-0.2, -0.15) is 10.1 Å². The van der Waals surface area contributed by atoms with Crippen LogP contribution in [0.1, 0.15) is 54.7 Å². The van der Waals surface area contributed by atoms with Crippen LogP contribution in [0.25, 0.3) is 0 Å². The van der Waals surface area contributed by atoms with E-state index in [2.05, 4.69) is 31.1 Å². The number of fused-ring (bicyclic) bond motifs is 1. The summed E-state index contributed by atoms with van der Waals surface area (Å²) in [6.45, 7) is 0. The maximum atomic E-state index is 13.3. The lowest BCUT2D eigenvalue weighted by atomic mass is 9.92. The SMILES string of the molecule is Cn1nc(C(F)F)cc1N=C=N[C@H]1CCc2sc(NC(=O)C3CC3)c(S(=O)(=O)N[C@H]3C[C@H](F)C3)c2C1. The molecule has 3 aliphatic carbocycles. The van der Waals surface area contributed by atoms with Crippen LogP contribution in [0, 0.1) is 5.92 Å². The molecule has 2 aromatic heterocycles. The fraction of sp³-hybridized carbons (Fsp3) is 0.591. The first-order chi connectivity index (χ1) is 17.1. The highest BCUT2D eigenvalue weighted by atomic mass is 32.2. The minimum atomic E-state index is -4.01. The summed E-state index contributed by atoms with van der Waals surface area (Å²) in [6, 6.07) is 2.88. The lowest BCUT2D eigenvalue weighted by Crippen LogP contribution is -2.45. The zero-order valence-corrected chi connectivity index (χ0v) is 21.0. The molecule has 0 unspecified atom stereocenters. The second-order valence-electron chi connectivity index (χ2n) is 9.40. The quantitative estimate of drug-likeness (QED) is 0.492. The number of aromatic nitrogens is 2. The summed E-state index contributed by atoms with van der Waals surface area (Å²) in [4.78, 5) is 21.6. The molecular formula is C22H25F3N6O3S2. The molecule has 14 heteroatoms. The van der Waals surface area contributed by atoms with E-state index in [-0.39, 0.29) is 52.8 Å². The van der Waals surface area contributed by atoms with E-state index >= 15 is 0 Å². The van der Waals surface area contributed by atoms with Gasteiger partial charge in [0.2, 0.25) is 15.9 Å². The molecule has 0 saturated heterocycles. The standard InChI is InChI=1S/C22H25F3N6O3S2/c1-31-18(9-16(29-31)20(24)25)27-10-26-13-4-5-17-15(8-13)19(22(35-17)28-21(32)11-2-3-11)36(33,34)30-14-6-12(23)7-14/h9,11-14,20,30H,2-8H2,1H3,(H,28,32)/t12-,13-,14-/m0/s1. The Morgan fingerprint density at radius 1 is 1.31 bits per heavy atom. The summed E-state index contributed by atoms with van der Waals surface area (Å²) >= 11 is 1.25. The van der Waals surface area contributed by atoms with Crippen LogP contribution in [0.3, 0.4) is 0 Å². The third kappa shape index (κ3) is 5.26. The summed E-state index contributed by atoms with van der Waals surface area (Å²) in [5, 5.41) is 6.78. The highest BCUT2D eigenvalue weighted by molar-refractivity contribution is 7.90. The minimum absolute atomic E-state index is 0.0313. The van der Waals surface area contributed by atoms with E-state index in [1.807, 2.05) is 0 Å². The number of anilines is 1. The third-order valence-electron chi connectivity index (χ3n) is 6.54. The number of hydrogen-bond acceptors (Lipinski definition) is 7. The molecule has 5 rings (SSSR count). The summed E-state index contributed by atoms with van der Waals surface area (Å²) < 4.78 is 69.5. The van der Waals surface area contributed by atoms with Gasteiger partial charge in [-0.05, 0) is 50.5 Å². The summed E-state index contributed by atoms with van der Waals surface area (Å²) in [5.74, 6) is -0.124. The molecule has 1 atom stereocenters. The fourth-order valence-corrected chi connectivity index (χ4v) is 7.59. The van der Waals surface area contributed by atoms with Gasteiger partial charge in [0.25, 0.3) is 6.43 Å². The highest BCUT2D eigenvalue weighted by Crippen LogP contribution is 2.43. The van der Waals surface area contributed by atoms with E-state index in [9.17, 15) is 26.4 Å². The van der Waals surface area contributed by atoms with E-state index in [1.165, 1.54) is 23.1 Å². The summed E-state index contributed by atoms with van der Waals surface area (Å²) in [6.07, 6.45) is -0.475. The second-order valence-corrected chi connectivity index (χ2v) is 12.2. The van der Waals surface area contributed by atoms with Gasteiger partial charge in [0.15, 0.2) is 5.82 Å². The first-order valence-electron chi connectivity index (χ1n) is 11.7. The number of rotatable bonds is 8. The summed E-state index contributed by atoms with van der Waals surface area (Å²) in [7, 11) is -2.52. The average Bonchev–Trinajstić information content (AvgIpc) is 3.48. The van der Waals surface area contributed by atoms with Crippen molar-refractivity contribution >= 4 is 44.1 Å². The third-order valence-corrected chi connectivity index (χ3v) is 9.51. The van der Waals surface area contributed by atoms with Crippen molar-refractivity contribution in [2.75, 3.05) is 5.32 Å². The van der Waals surface area contributed by atoms with Crippen LogP contribution in [-0.4, -0.2) is 48.4 Å². The Balaban J connectivity index is 1.40. The highest BCUT2D eigenvalue weighted by Gasteiger charge is 2.39. The van der Waals surface area contributed by atoms with E-state index in [0.717, 1.165) is 23.8 Å². The zero-order chi connectivity index (χ0) is 25.6. The number of carbonyl (C=O) groups excluding carboxylic acids is 1. The van der Waals surface area contributed by atoms with Crippen molar-refractivity contribution < 1.29 is 26.4 Å². The molecule has 1 amide bonds. The Labute approximate surface area is 210 Å². The van der Waals surface area contributed by atoms with E-state index in [4.69, 9.17) is 0 Å². The maximum Gasteiger partial charge on any atom is 0.282 e. The van der Waals surface area contributed by atoms with Gasteiger partial charge in [-0.25, -0.2) is 36.0 Å². The molecule has 2 aromatic rings. The van der Waals surface area contributed by atoms with E-state index < -0.39 is 34.4 Å². The number of thiophene rings is 1. The number of nitrogens with one attached hydrogen (secondary N) is 2. The maximum absolute atomic E-state index is 13.3. The topological polar surface area (TPSA) is 118 Å². The number of hydrogen-bond donors (Lipinski definition) is 2. The number of halogens is 3. The average molecular weight is 543 g/mol. The van der Waals surface area contributed by atoms with Gasteiger partial charge in [0, 0.05) is 30.0 Å². The number of alkyl halides is 3. The first-order valence-corrected chi connectivity index (χ1v) is 14.0. The molecular weight excluding hydrogens is 517 g/mol. The van der Waals surface area contributed by atoms with Gasteiger partial charge in [0.1, 0.15) is 21.8 Å². The van der Waals surface area contributed by atoms with Crippen LogP contribution in [0.4, 0.5) is 24.0 Å². The van der Waals surface area contributed by atoms with Crippen molar-refractivity contribution in [1.82, 2.24) is 14.5 Å². The van der Waals surface area contributed by atoms with Crippen molar-refractivity contribution in [3.63, 3.8) is 0 Å². The monoisotopic (exact) mass is 542 g/mol. The van der Waals surface area contributed by atoms with Crippen LogP contribution in [0.2, 0.25) is 0 Å². The van der Waals surface area contributed by atoms with Gasteiger partial charge in [-0.1, -0.05) is 0 Å². The van der Waals surface area contributed by atoms with Gasteiger partial charge in [-0.3, -0.25) is 4.79 Å². The van der Waals surface area contributed by atoms with Gasteiger partial charge in [0.05, 0.1) is 12.1 Å². The number of amides is 1. The van der Waals surface area contributed by atoms with Crippen LogP contribution in [0.15, 0.2) is 20.9 Å². The Morgan fingerprint density at radius 3 is 2.69 bits per heavy atom. The largest absolute Gasteiger partial charge is 0.316 e. The van der Waals surface area contributed by atoms with Crippen molar-refractivity contribution in [1.29, 1.82) is 0 Å². The van der Waals surface area contributed by atoms with Crippen molar-refractivity contribution in [3.05, 3.63) is 22.2 Å². The number of aliphatic imine (C=N–C) groups is 2. The molecule has 0 bridgehead atoms. The Morgan fingerprint density at radius 2 is 2.06 bits per heavy atom. The van der Waals surface area contributed by atoms with Crippen LogP contribution in [0.5, 0.6) is 0 Å². The van der Waals surface area contributed by atoms with E-state index in [0.29, 0.717) is 18.4 Å². The zero-order valence-electron chi connectivity index (χ0n) is 19.4. The molecule has 0 aromatic carbocycles. The summed E-state index contributed by atoms with van der Waals surface area (Å²) in [5.41, 5.74) is 0.185. The first kappa shape index (κ1) is 25.1. The minimum Gasteiger partial charge on any atom is -0.316 e. The van der Waals surface area contributed by atoms with E-state index in [1.54, 1.807) is 0 Å². The van der Waals surface area contributed by atoms with Crippen LogP contribution < -0.4 is 10.0 Å². The Hall–Kier alpha value is -2.54. The molecule has 2 heterocycles. The normalized spacial score (nSPS) is 23.5. The number of carbonyl (C=O) groups is 1. The lowest BCUT2D eigenvalue weighted by Gasteiger charge is -2.30.